The largest absolute Gasteiger partial charge is 0.465 e. The van der Waals surface area contributed by atoms with Crippen LogP contribution in [0.15, 0.2) is 42.7 Å². The van der Waals surface area contributed by atoms with Crippen molar-refractivity contribution >= 4 is 5.97 Å². The van der Waals surface area contributed by atoms with Crippen LogP contribution in [0.5, 0.6) is 0 Å². The fourth-order valence-electron chi connectivity index (χ4n) is 1.83. The highest BCUT2D eigenvalue weighted by molar-refractivity contribution is 5.89. The molecule has 0 unspecified atom stereocenters. The number of ether oxygens (including phenoxy) is 1. The van der Waals surface area contributed by atoms with Gasteiger partial charge in [0.2, 0.25) is 0 Å². The van der Waals surface area contributed by atoms with Gasteiger partial charge in [0, 0.05) is 18.1 Å². The predicted octanol–water partition coefficient (Wildman–Crippen LogP) is 6.47. The summed E-state index contributed by atoms with van der Waals surface area (Å²) in [5.41, 5.74) is 2.90. The van der Waals surface area contributed by atoms with Gasteiger partial charge in [-0.25, -0.2) is 4.79 Å². The van der Waals surface area contributed by atoms with Crippen LogP contribution >= 0.6 is 0 Å². The van der Waals surface area contributed by atoms with Gasteiger partial charge >= 0.3 is 5.97 Å². The van der Waals surface area contributed by atoms with Crippen molar-refractivity contribution in [1.82, 2.24) is 4.57 Å². The smallest absolute Gasteiger partial charge is 0.339 e. The van der Waals surface area contributed by atoms with Crippen LogP contribution in [0.4, 0.5) is 0 Å². The minimum Gasteiger partial charge on any atom is -0.465 e. The van der Waals surface area contributed by atoms with Crippen molar-refractivity contribution in [3.8, 4) is 5.69 Å². The van der Waals surface area contributed by atoms with Gasteiger partial charge < -0.3 is 9.30 Å². The third-order valence-electron chi connectivity index (χ3n) is 2.97. The van der Waals surface area contributed by atoms with Crippen molar-refractivity contribution in [1.29, 1.82) is 0 Å². The first-order chi connectivity index (χ1) is 11.6. The van der Waals surface area contributed by atoms with E-state index in [4.69, 9.17) is 0 Å². The van der Waals surface area contributed by atoms with Gasteiger partial charge in [-0.3, -0.25) is 0 Å². The number of hydrogen-bond donors (Lipinski definition) is 0. The zero-order valence-electron chi connectivity index (χ0n) is 16.9. The lowest BCUT2D eigenvalue weighted by Crippen LogP contribution is -1.99. The lowest BCUT2D eigenvalue weighted by Gasteiger charge is -2.07. The molecule has 0 radical (unpaired) electrons. The molecular formula is C21H35NO2. The Bertz CT molecular complexity index is 539. The number of rotatable bonds is 3. The zero-order chi connectivity index (χ0) is 19.1. The number of methoxy groups -OCH3 is 1. The molecule has 0 spiro atoms. The number of carbonyl (C=O) groups excluding carboxylic acids is 1. The van der Waals surface area contributed by atoms with Crippen molar-refractivity contribution < 1.29 is 9.53 Å². The molecule has 0 saturated carbocycles. The highest BCUT2D eigenvalue weighted by Gasteiger charge is 2.07. The van der Waals surface area contributed by atoms with Crippen LogP contribution in [0, 0.1) is 0 Å². The molecule has 0 amide bonds. The van der Waals surface area contributed by atoms with Crippen LogP contribution in [0.25, 0.3) is 5.69 Å². The van der Waals surface area contributed by atoms with Crippen LogP contribution in [-0.4, -0.2) is 17.6 Å². The average Bonchev–Trinajstić information content (AvgIpc) is 3.16. The molecule has 0 fully saturated rings. The van der Waals surface area contributed by atoms with Crippen molar-refractivity contribution in [3.05, 3.63) is 53.9 Å². The Labute approximate surface area is 148 Å². The molecule has 0 aliphatic carbocycles. The summed E-state index contributed by atoms with van der Waals surface area (Å²) < 4.78 is 6.60. The van der Waals surface area contributed by atoms with E-state index in [2.05, 4.69) is 42.8 Å². The first kappa shape index (κ1) is 24.2. The van der Waals surface area contributed by atoms with Gasteiger partial charge in [-0.2, -0.15) is 0 Å². The van der Waals surface area contributed by atoms with Crippen LogP contribution in [0.1, 0.15) is 77.2 Å². The maximum Gasteiger partial charge on any atom is 0.339 e. The molecule has 3 heteroatoms. The van der Waals surface area contributed by atoms with Gasteiger partial charge in [0.05, 0.1) is 12.7 Å². The minimum absolute atomic E-state index is 0.312. The Balaban J connectivity index is 0. The quantitative estimate of drug-likeness (QED) is 0.603. The van der Waals surface area contributed by atoms with E-state index in [0.29, 0.717) is 11.5 Å². The number of esters is 1. The number of aromatic nitrogens is 1. The molecule has 3 nitrogen and oxygen atoms in total. The molecule has 24 heavy (non-hydrogen) atoms. The third kappa shape index (κ3) is 7.49. The summed E-state index contributed by atoms with van der Waals surface area (Å²) in [6, 6.07) is 10.1. The van der Waals surface area contributed by atoms with Gasteiger partial charge in [-0.1, -0.05) is 67.5 Å². The molecule has 0 aliphatic rings. The first-order valence-corrected chi connectivity index (χ1v) is 8.98. The molecule has 1 aromatic heterocycles. The minimum atomic E-state index is -0.312. The molecule has 0 atom stereocenters. The van der Waals surface area contributed by atoms with E-state index in [1.165, 1.54) is 12.7 Å². The van der Waals surface area contributed by atoms with E-state index in [-0.39, 0.29) is 5.97 Å². The summed E-state index contributed by atoms with van der Waals surface area (Å²) in [6.45, 7) is 16.3. The molecule has 136 valence electrons. The van der Waals surface area contributed by atoms with E-state index in [9.17, 15) is 4.79 Å². The molecular weight excluding hydrogens is 298 g/mol. The normalized spacial score (nSPS) is 8.75. The second kappa shape index (κ2) is 14.6. The molecule has 0 saturated heterocycles. The second-order valence-corrected chi connectivity index (χ2v) is 4.55. The fourth-order valence-corrected chi connectivity index (χ4v) is 1.83. The SMILES string of the molecule is CC.CC.CC.COC(=O)c1ccn(-c2ccc(C(C)C)cc2)c1. The van der Waals surface area contributed by atoms with Gasteiger partial charge in [-0.05, 0) is 29.7 Å². The lowest BCUT2D eigenvalue weighted by atomic mass is 10.0. The van der Waals surface area contributed by atoms with Crippen LogP contribution in [0.3, 0.4) is 0 Å². The Morgan fingerprint density at radius 3 is 1.83 bits per heavy atom. The lowest BCUT2D eigenvalue weighted by molar-refractivity contribution is 0.0601. The standard InChI is InChI=1S/C15H17NO2.3C2H6/c1-11(2)12-4-6-14(7-5-12)16-9-8-13(10-16)15(17)18-3;3*1-2/h4-11H,1-3H3;3*1-2H3. The van der Waals surface area contributed by atoms with Crippen molar-refractivity contribution in [2.45, 2.75) is 61.3 Å². The van der Waals surface area contributed by atoms with Gasteiger partial charge in [0.25, 0.3) is 0 Å². The molecule has 1 heterocycles. The fraction of sp³-hybridized carbons (Fsp3) is 0.476. The summed E-state index contributed by atoms with van der Waals surface area (Å²) in [5, 5.41) is 0. The zero-order valence-corrected chi connectivity index (χ0v) is 16.9. The average molecular weight is 334 g/mol. The van der Waals surface area contributed by atoms with E-state index >= 15 is 0 Å². The van der Waals surface area contributed by atoms with E-state index in [1.807, 2.05) is 52.3 Å². The summed E-state index contributed by atoms with van der Waals surface area (Å²) in [6.07, 6.45) is 3.63. The van der Waals surface area contributed by atoms with Crippen molar-refractivity contribution in [2.24, 2.45) is 0 Å². The second-order valence-electron chi connectivity index (χ2n) is 4.55. The monoisotopic (exact) mass is 333 g/mol. The van der Waals surface area contributed by atoms with E-state index in [0.717, 1.165) is 5.69 Å². The van der Waals surface area contributed by atoms with Gasteiger partial charge in [0.1, 0.15) is 0 Å². The summed E-state index contributed by atoms with van der Waals surface area (Å²) in [4.78, 5) is 11.4. The van der Waals surface area contributed by atoms with Gasteiger partial charge in [-0.15, -0.1) is 0 Å². The number of hydrogen-bond acceptors (Lipinski definition) is 2. The third-order valence-corrected chi connectivity index (χ3v) is 2.97. The maximum atomic E-state index is 11.4. The molecule has 0 bridgehead atoms. The number of nitrogens with zero attached hydrogens (tertiary/aromatic N) is 1. The molecule has 0 aliphatic heterocycles. The highest BCUT2D eigenvalue weighted by Crippen LogP contribution is 2.17. The Kier molecular flexibility index (Phi) is 14.7. The Morgan fingerprint density at radius 1 is 0.917 bits per heavy atom. The van der Waals surface area contributed by atoms with Crippen molar-refractivity contribution in [3.63, 3.8) is 0 Å². The molecule has 2 aromatic rings. The van der Waals surface area contributed by atoms with Gasteiger partial charge in [0.15, 0.2) is 0 Å². The molecule has 0 N–H and O–H groups in total. The summed E-state index contributed by atoms with van der Waals surface area (Å²) >= 11 is 0. The Hall–Kier alpha value is -2.03. The highest BCUT2D eigenvalue weighted by atomic mass is 16.5. The van der Waals surface area contributed by atoms with Crippen molar-refractivity contribution in [2.75, 3.05) is 7.11 Å². The molecule has 1 aromatic carbocycles. The number of carbonyl (C=O) groups is 1. The summed E-state index contributed by atoms with van der Waals surface area (Å²) in [7, 11) is 1.39. The first-order valence-electron chi connectivity index (χ1n) is 8.98. The van der Waals surface area contributed by atoms with Crippen LogP contribution in [-0.2, 0) is 4.74 Å². The van der Waals surface area contributed by atoms with Crippen LogP contribution in [0.2, 0.25) is 0 Å². The van der Waals surface area contributed by atoms with E-state index in [1.54, 1.807) is 12.3 Å². The maximum absolute atomic E-state index is 11.4. The molecule has 2 rings (SSSR count). The topological polar surface area (TPSA) is 31.2 Å². The summed E-state index contributed by atoms with van der Waals surface area (Å²) in [5.74, 6) is 0.210. The Morgan fingerprint density at radius 2 is 1.42 bits per heavy atom. The van der Waals surface area contributed by atoms with E-state index < -0.39 is 0 Å². The number of benzene rings is 1. The van der Waals surface area contributed by atoms with Crippen LogP contribution < -0.4 is 0 Å². The predicted molar refractivity (Wildman–Crippen MR) is 105 cm³/mol.